The summed E-state index contributed by atoms with van der Waals surface area (Å²) in [5, 5.41) is 5.70. The van der Waals surface area contributed by atoms with E-state index in [9.17, 15) is 9.59 Å². The highest BCUT2D eigenvalue weighted by atomic mass is 16.5. The molecule has 0 aromatic heterocycles. The molecule has 0 aliphatic heterocycles. The highest BCUT2D eigenvalue weighted by Crippen LogP contribution is 2.28. The molecule has 0 aliphatic rings. The standard InChI is InChI=1S/C24H24N2O4/c1-29-20-12-8-17(9-13-20)10-15-23(27)25-19-11-14-22(30-2)21(16-19)26-24(28)18-6-4-3-5-7-18/h3-9,11-14,16H,10,15H2,1-2H3,(H,25,27)(H,26,28). The fourth-order valence-electron chi connectivity index (χ4n) is 2.94. The quantitative estimate of drug-likeness (QED) is 0.578. The first-order chi connectivity index (χ1) is 14.6. The van der Waals surface area contributed by atoms with Gasteiger partial charge in [0.15, 0.2) is 0 Å². The Hall–Kier alpha value is -3.80. The zero-order valence-electron chi connectivity index (χ0n) is 17.0. The summed E-state index contributed by atoms with van der Waals surface area (Å²) in [5.41, 5.74) is 2.66. The molecule has 2 N–H and O–H groups in total. The van der Waals surface area contributed by atoms with E-state index in [1.165, 1.54) is 7.11 Å². The van der Waals surface area contributed by atoms with Crippen molar-refractivity contribution in [3.05, 3.63) is 83.9 Å². The van der Waals surface area contributed by atoms with Gasteiger partial charge in [0.05, 0.1) is 19.9 Å². The summed E-state index contributed by atoms with van der Waals surface area (Å²) in [5.74, 6) is 0.926. The SMILES string of the molecule is COc1ccc(CCC(=O)Nc2ccc(OC)c(NC(=O)c3ccccc3)c2)cc1. The Kier molecular flexibility index (Phi) is 7.05. The molecule has 0 radical (unpaired) electrons. The summed E-state index contributed by atoms with van der Waals surface area (Å²) in [4.78, 5) is 24.8. The number of carbonyl (C=O) groups excluding carboxylic acids is 2. The molecule has 3 aromatic carbocycles. The van der Waals surface area contributed by atoms with Crippen molar-refractivity contribution in [3.63, 3.8) is 0 Å². The maximum absolute atomic E-state index is 12.5. The molecule has 0 saturated heterocycles. The average molecular weight is 404 g/mol. The molecule has 0 heterocycles. The largest absolute Gasteiger partial charge is 0.497 e. The molecule has 0 fully saturated rings. The van der Waals surface area contributed by atoms with Crippen LogP contribution < -0.4 is 20.1 Å². The number of benzene rings is 3. The van der Waals surface area contributed by atoms with Crippen LogP contribution in [0.5, 0.6) is 11.5 Å². The molecule has 6 nitrogen and oxygen atoms in total. The van der Waals surface area contributed by atoms with E-state index < -0.39 is 0 Å². The summed E-state index contributed by atoms with van der Waals surface area (Å²) in [7, 11) is 3.15. The monoisotopic (exact) mass is 404 g/mol. The molecule has 6 heteroatoms. The summed E-state index contributed by atoms with van der Waals surface area (Å²) in [6, 6.07) is 21.7. The first-order valence-corrected chi connectivity index (χ1v) is 9.56. The molecule has 30 heavy (non-hydrogen) atoms. The lowest BCUT2D eigenvalue weighted by molar-refractivity contribution is -0.116. The number of carbonyl (C=O) groups is 2. The lowest BCUT2D eigenvalue weighted by Gasteiger charge is -2.13. The zero-order chi connectivity index (χ0) is 21.3. The van der Waals surface area contributed by atoms with E-state index in [-0.39, 0.29) is 11.8 Å². The predicted molar refractivity (Wildman–Crippen MR) is 117 cm³/mol. The number of rotatable bonds is 8. The topological polar surface area (TPSA) is 76.7 Å². The van der Waals surface area contributed by atoms with Crippen LogP contribution in [0.1, 0.15) is 22.3 Å². The van der Waals surface area contributed by atoms with Gasteiger partial charge in [0.1, 0.15) is 11.5 Å². The third kappa shape index (κ3) is 5.61. The molecule has 0 atom stereocenters. The Morgan fingerprint density at radius 1 is 0.833 bits per heavy atom. The maximum Gasteiger partial charge on any atom is 0.255 e. The molecule has 3 aromatic rings. The zero-order valence-corrected chi connectivity index (χ0v) is 17.0. The van der Waals surface area contributed by atoms with Crippen LogP contribution in [0.4, 0.5) is 11.4 Å². The molecule has 0 spiro atoms. The number of methoxy groups -OCH3 is 2. The van der Waals surface area contributed by atoms with E-state index in [1.807, 2.05) is 30.3 Å². The molecule has 0 bridgehead atoms. The van der Waals surface area contributed by atoms with Crippen molar-refractivity contribution in [1.82, 2.24) is 0 Å². The molecule has 2 amide bonds. The van der Waals surface area contributed by atoms with Crippen molar-refractivity contribution < 1.29 is 19.1 Å². The Morgan fingerprint density at radius 3 is 2.23 bits per heavy atom. The highest BCUT2D eigenvalue weighted by Gasteiger charge is 2.12. The predicted octanol–water partition coefficient (Wildman–Crippen LogP) is 4.53. The second-order valence-electron chi connectivity index (χ2n) is 6.63. The minimum absolute atomic E-state index is 0.115. The second kappa shape index (κ2) is 10.1. The van der Waals surface area contributed by atoms with Crippen molar-refractivity contribution in [2.45, 2.75) is 12.8 Å². The van der Waals surface area contributed by atoms with E-state index in [2.05, 4.69) is 10.6 Å². The second-order valence-corrected chi connectivity index (χ2v) is 6.63. The average Bonchev–Trinajstić information content (AvgIpc) is 2.79. The molecule has 0 unspecified atom stereocenters. The Morgan fingerprint density at radius 2 is 1.57 bits per heavy atom. The Labute approximate surface area is 175 Å². The van der Waals surface area contributed by atoms with Gasteiger partial charge >= 0.3 is 0 Å². The minimum atomic E-state index is -0.253. The van der Waals surface area contributed by atoms with E-state index >= 15 is 0 Å². The number of aryl methyl sites for hydroxylation is 1. The van der Waals surface area contributed by atoms with Gasteiger partial charge in [-0.1, -0.05) is 30.3 Å². The van der Waals surface area contributed by atoms with Gasteiger partial charge in [0, 0.05) is 17.7 Å². The molecule has 3 rings (SSSR count). The lowest BCUT2D eigenvalue weighted by atomic mass is 10.1. The molecule has 0 saturated carbocycles. The fourth-order valence-corrected chi connectivity index (χ4v) is 2.94. The molecule has 0 aliphatic carbocycles. The highest BCUT2D eigenvalue weighted by molar-refractivity contribution is 6.05. The van der Waals surface area contributed by atoms with Gasteiger partial charge in [-0.25, -0.2) is 0 Å². The van der Waals surface area contributed by atoms with Gasteiger partial charge < -0.3 is 20.1 Å². The summed E-state index contributed by atoms with van der Waals surface area (Å²) in [6.45, 7) is 0. The number of hydrogen-bond acceptors (Lipinski definition) is 4. The summed E-state index contributed by atoms with van der Waals surface area (Å²) < 4.78 is 10.5. The van der Waals surface area contributed by atoms with Crippen LogP contribution in [0, 0.1) is 0 Å². The first-order valence-electron chi connectivity index (χ1n) is 9.56. The molecule has 154 valence electrons. The minimum Gasteiger partial charge on any atom is -0.497 e. The fraction of sp³-hybridized carbons (Fsp3) is 0.167. The van der Waals surface area contributed by atoms with Gasteiger partial charge in [-0.2, -0.15) is 0 Å². The smallest absolute Gasteiger partial charge is 0.255 e. The van der Waals surface area contributed by atoms with Crippen LogP contribution in [0.15, 0.2) is 72.8 Å². The van der Waals surface area contributed by atoms with Crippen molar-refractivity contribution in [2.75, 3.05) is 24.9 Å². The van der Waals surface area contributed by atoms with E-state index in [0.29, 0.717) is 35.5 Å². The van der Waals surface area contributed by atoms with Crippen LogP contribution >= 0.6 is 0 Å². The number of ether oxygens (including phenoxy) is 2. The molecular formula is C24H24N2O4. The van der Waals surface area contributed by atoms with Crippen molar-refractivity contribution in [3.8, 4) is 11.5 Å². The van der Waals surface area contributed by atoms with E-state index in [0.717, 1.165) is 11.3 Å². The summed E-state index contributed by atoms with van der Waals surface area (Å²) in [6.07, 6.45) is 0.952. The first kappa shape index (κ1) is 20.9. The van der Waals surface area contributed by atoms with Crippen LogP contribution in [0.25, 0.3) is 0 Å². The number of nitrogens with one attached hydrogen (secondary N) is 2. The van der Waals surface area contributed by atoms with Gasteiger partial charge in [0.25, 0.3) is 5.91 Å². The number of hydrogen-bond donors (Lipinski definition) is 2. The van der Waals surface area contributed by atoms with Crippen LogP contribution in [-0.2, 0) is 11.2 Å². The molecular weight excluding hydrogens is 380 g/mol. The third-order valence-corrected chi connectivity index (χ3v) is 4.57. The van der Waals surface area contributed by atoms with Crippen molar-refractivity contribution in [1.29, 1.82) is 0 Å². The Bertz CT molecular complexity index is 1000. The van der Waals surface area contributed by atoms with Crippen LogP contribution in [0.2, 0.25) is 0 Å². The van der Waals surface area contributed by atoms with Gasteiger partial charge in [-0.15, -0.1) is 0 Å². The van der Waals surface area contributed by atoms with Gasteiger partial charge in [0.2, 0.25) is 5.91 Å². The van der Waals surface area contributed by atoms with Crippen LogP contribution in [-0.4, -0.2) is 26.0 Å². The van der Waals surface area contributed by atoms with Crippen LogP contribution in [0.3, 0.4) is 0 Å². The van der Waals surface area contributed by atoms with E-state index in [1.54, 1.807) is 49.6 Å². The van der Waals surface area contributed by atoms with Gasteiger partial charge in [-0.3, -0.25) is 9.59 Å². The normalized spacial score (nSPS) is 10.2. The Balaban J connectivity index is 1.63. The van der Waals surface area contributed by atoms with E-state index in [4.69, 9.17) is 9.47 Å². The summed E-state index contributed by atoms with van der Waals surface area (Å²) >= 11 is 0. The lowest BCUT2D eigenvalue weighted by Crippen LogP contribution is -2.15. The van der Waals surface area contributed by atoms with Gasteiger partial charge in [-0.05, 0) is 54.4 Å². The van der Waals surface area contributed by atoms with Crippen molar-refractivity contribution in [2.24, 2.45) is 0 Å². The maximum atomic E-state index is 12.5. The van der Waals surface area contributed by atoms with Crippen molar-refractivity contribution >= 4 is 23.2 Å². The third-order valence-electron chi connectivity index (χ3n) is 4.57. The number of amides is 2. The number of anilines is 2.